The first-order chi connectivity index (χ1) is 8.31. The van der Waals surface area contributed by atoms with E-state index < -0.39 is 0 Å². The predicted molar refractivity (Wildman–Crippen MR) is 74.3 cm³/mol. The third-order valence-corrected chi connectivity index (χ3v) is 3.19. The molecule has 1 atom stereocenters. The van der Waals surface area contributed by atoms with Gasteiger partial charge in [0.15, 0.2) is 0 Å². The molecule has 1 amide bonds. The van der Waals surface area contributed by atoms with Crippen LogP contribution in [0.2, 0.25) is 0 Å². The number of thiophene rings is 1. The Bertz CT molecular complexity index is 454. The number of hydrogen-bond donors (Lipinski definition) is 2. The lowest BCUT2D eigenvalue weighted by Crippen LogP contribution is -2.31. The number of carbonyl (C=O) groups is 1. The molecular formula is C13H19N3OS. The molecule has 98 valence electrons. The van der Waals surface area contributed by atoms with Gasteiger partial charge < -0.3 is 11.1 Å². The van der Waals surface area contributed by atoms with Crippen LogP contribution in [0.25, 0.3) is 0 Å². The van der Waals surface area contributed by atoms with Crippen molar-refractivity contribution < 1.29 is 4.79 Å². The smallest absolute Gasteiger partial charge is 0.226 e. The Morgan fingerprint density at radius 1 is 1.61 bits per heavy atom. The van der Waals surface area contributed by atoms with Crippen LogP contribution in [0.1, 0.15) is 39.2 Å². The van der Waals surface area contributed by atoms with Crippen LogP contribution < -0.4 is 11.1 Å². The Morgan fingerprint density at radius 2 is 2.28 bits per heavy atom. The Balaban J connectivity index is 2.50. The van der Waals surface area contributed by atoms with E-state index >= 15 is 0 Å². The number of rotatable bonds is 4. The molecule has 1 aromatic heterocycles. The molecule has 0 fully saturated rings. The first-order valence-corrected chi connectivity index (χ1v) is 6.73. The minimum atomic E-state index is -0.157. The van der Waals surface area contributed by atoms with Crippen LogP contribution >= 0.6 is 11.3 Å². The molecule has 0 bridgehead atoms. The van der Waals surface area contributed by atoms with Crippen molar-refractivity contribution in [1.82, 2.24) is 0 Å². The van der Waals surface area contributed by atoms with E-state index in [1.54, 1.807) is 11.4 Å². The van der Waals surface area contributed by atoms with Crippen LogP contribution in [0, 0.1) is 16.7 Å². The van der Waals surface area contributed by atoms with E-state index in [-0.39, 0.29) is 23.8 Å². The van der Waals surface area contributed by atoms with Gasteiger partial charge in [0.1, 0.15) is 11.1 Å². The molecule has 1 aromatic rings. The van der Waals surface area contributed by atoms with Gasteiger partial charge in [-0.25, -0.2) is 0 Å². The summed E-state index contributed by atoms with van der Waals surface area (Å²) >= 11 is 1.35. The topological polar surface area (TPSA) is 78.9 Å². The molecule has 0 aromatic carbocycles. The van der Waals surface area contributed by atoms with Gasteiger partial charge in [0.2, 0.25) is 5.91 Å². The normalized spacial score (nSPS) is 12.8. The van der Waals surface area contributed by atoms with Crippen molar-refractivity contribution in [2.75, 3.05) is 5.32 Å². The largest absolute Gasteiger partial charge is 0.327 e. The maximum atomic E-state index is 11.8. The molecule has 0 spiro atoms. The summed E-state index contributed by atoms with van der Waals surface area (Å²) in [6.45, 7) is 6.29. The highest BCUT2D eigenvalue weighted by Crippen LogP contribution is 2.24. The quantitative estimate of drug-likeness (QED) is 0.878. The van der Waals surface area contributed by atoms with Gasteiger partial charge in [0, 0.05) is 12.5 Å². The molecule has 4 nitrogen and oxygen atoms in total. The highest BCUT2D eigenvalue weighted by atomic mass is 32.1. The Kier molecular flexibility index (Phi) is 4.88. The van der Waals surface area contributed by atoms with Gasteiger partial charge in [-0.3, -0.25) is 4.79 Å². The average Bonchev–Trinajstić information content (AvgIpc) is 2.61. The van der Waals surface area contributed by atoms with Crippen molar-refractivity contribution in [1.29, 1.82) is 5.26 Å². The Labute approximate surface area is 112 Å². The Morgan fingerprint density at radius 3 is 2.83 bits per heavy atom. The minimum Gasteiger partial charge on any atom is -0.327 e. The van der Waals surface area contributed by atoms with E-state index in [2.05, 4.69) is 26.1 Å². The van der Waals surface area contributed by atoms with Crippen LogP contribution in [0.5, 0.6) is 0 Å². The highest BCUT2D eigenvalue weighted by molar-refractivity contribution is 7.14. The molecule has 0 saturated carbocycles. The summed E-state index contributed by atoms with van der Waals surface area (Å²) in [5.41, 5.74) is 6.55. The fraction of sp³-hybridized carbons (Fsp3) is 0.538. The van der Waals surface area contributed by atoms with Gasteiger partial charge in [0.05, 0.1) is 5.56 Å². The van der Waals surface area contributed by atoms with Crippen LogP contribution in [-0.4, -0.2) is 11.9 Å². The zero-order valence-electron chi connectivity index (χ0n) is 11.0. The molecule has 3 N–H and O–H groups in total. The van der Waals surface area contributed by atoms with Crippen molar-refractivity contribution >= 4 is 22.2 Å². The summed E-state index contributed by atoms with van der Waals surface area (Å²) in [4.78, 5) is 11.8. The van der Waals surface area contributed by atoms with Crippen LogP contribution in [0.15, 0.2) is 11.4 Å². The van der Waals surface area contributed by atoms with Gasteiger partial charge in [-0.2, -0.15) is 5.26 Å². The van der Waals surface area contributed by atoms with E-state index in [4.69, 9.17) is 11.0 Å². The number of nitrogens with zero attached hydrogens (tertiary/aromatic N) is 1. The number of nitrogens with one attached hydrogen (secondary N) is 1. The minimum absolute atomic E-state index is 0.112. The van der Waals surface area contributed by atoms with Crippen LogP contribution in [0.3, 0.4) is 0 Å². The van der Waals surface area contributed by atoms with Crippen molar-refractivity contribution in [2.24, 2.45) is 11.1 Å². The molecule has 1 unspecified atom stereocenters. The lowest BCUT2D eigenvalue weighted by atomic mass is 9.87. The average molecular weight is 265 g/mol. The molecule has 5 heteroatoms. The van der Waals surface area contributed by atoms with Gasteiger partial charge >= 0.3 is 0 Å². The number of nitriles is 1. The standard InChI is InChI=1S/C13H19N3OS/c1-13(2,3)7-10(15)6-11(17)16-12-9(8-14)4-5-18-12/h4-5,10H,6-7,15H2,1-3H3,(H,16,17). The van der Waals surface area contributed by atoms with Gasteiger partial charge in [-0.05, 0) is 23.3 Å². The summed E-state index contributed by atoms with van der Waals surface area (Å²) in [7, 11) is 0. The molecule has 18 heavy (non-hydrogen) atoms. The zero-order chi connectivity index (χ0) is 13.8. The van der Waals surface area contributed by atoms with E-state index in [0.29, 0.717) is 10.6 Å². The second kappa shape index (κ2) is 5.98. The second-order valence-corrected chi connectivity index (χ2v) is 6.47. The monoisotopic (exact) mass is 265 g/mol. The van der Waals surface area contributed by atoms with E-state index in [9.17, 15) is 4.79 Å². The summed E-state index contributed by atoms with van der Waals surface area (Å²) in [5, 5.41) is 14.0. The fourth-order valence-electron chi connectivity index (χ4n) is 1.77. The number of hydrogen-bond acceptors (Lipinski definition) is 4. The summed E-state index contributed by atoms with van der Waals surface area (Å²) in [6, 6.07) is 3.57. The lowest BCUT2D eigenvalue weighted by molar-refractivity contribution is -0.116. The van der Waals surface area contributed by atoms with Crippen LogP contribution in [-0.2, 0) is 4.79 Å². The molecule has 0 aliphatic rings. The fourth-order valence-corrected chi connectivity index (χ4v) is 2.52. The van der Waals surface area contributed by atoms with Crippen molar-refractivity contribution in [2.45, 2.75) is 39.7 Å². The van der Waals surface area contributed by atoms with Crippen molar-refractivity contribution in [3.8, 4) is 6.07 Å². The lowest BCUT2D eigenvalue weighted by Gasteiger charge is -2.22. The Hall–Kier alpha value is -1.38. The molecule has 0 aliphatic carbocycles. The number of carbonyl (C=O) groups excluding carboxylic acids is 1. The maximum absolute atomic E-state index is 11.8. The third kappa shape index (κ3) is 4.86. The van der Waals surface area contributed by atoms with Gasteiger partial charge in [-0.15, -0.1) is 11.3 Å². The van der Waals surface area contributed by atoms with Crippen molar-refractivity contribution in [3.05, 3.63) is 17.0 Å². The summed E-state index contributed by atoms with van der Waals surface area (Å²) in [6.07, 6.45) is 1.07. The molecular weight excluding hydrogens is 246 g/mol. The van der Waals surface area contributed by atoms with E-state index in [1.807, 2.05) is 6.07 Å². The zero-order valence-corrected chi connectivity index (χ0v) is 11.8. The molecule has 0 radical (unpaired) electrons. The molecule has 1 rings (SSSR count). The maximum Gasteiger partial charge on any atom is 0.226 e. The number of amides is 1. The van der Waals surface area contributed by atoms with Gasteiger partial charge in [0.25, 0.3) is 0 Å². The predicted octanol–water partition coefficient (Wildman–Crippen LogP) is 2.71. The van der Waals surface area contributed by atoms with Crippen LogP contribution in [0.4, 0.5) is 5.00 Å². The molecule has 1 heterocycles. The first kappa shape index (κ1) is 14.7. The number of nitrogens with two attached hydrogens (primary N) is 1. The molecule has 0 saturated heterocycles. The van der Waals surface area contributed by atoms with Gasteiger partial charge in [-0.1, -0.05) is 20.8 Å². The highest BCUT2D eigenvalue weighted by Gasteiger charge is 2.18. The summed E-state index contributed by atoms with van der Waals surface area (Å²) in [5.74, 6) is -0.134. The van der Waals surface area contributed by atoms with Crippen molar-refractivity contribution in [3.63, 3.8) is 0 Å². The SMILES string of the molecule is CC(C)(C)CC(N)CC(=O)Nc1sccc1C#N. The van der Waals surface area contributed by atoms with E-state index in [0.717, 1.165) is 6.42 Å². The summed E-state index contributed by atoms with van der Waals surface area (Å²) < 4.78 is 0. The van der Waals surface area contributed by atoms with E-state index in [1.165, 1.54) is 11.3 Å². The first-order valence-electron chi connectivity index (χ1n) is 5.85. The number of anilines is 1. The third-order valence-electron chi connectivity index (χ3n) is 2.36. The molecule has 0 aliphatic heterocycles. The second-order valence-electron chi connectivity index (χ2n) is 5.55.